The van der Waals surface area contributed by atoms with E-state index in [4.69, 9.17) is 14.3 Å². The van der Waals surface area contributed by atoms with Crippen molar-refractivity contribution in [1.29, 1.82) is 0 Å². The average Bonchev–Trinajstić information content (AvgIpc) is 3.33. The van der Waals surface area contributed by atoms with Crippen molar-refractivity contribution in [1.82, 2.24) is 14.5 Å². The number of carbonyl (C=O) groups is 1. The van der Waals surface area contributed by atoms with Crippen molar-refractivity contribution in [3.8, 4) is 11.8 Å². The van der Waals surface area contributed by atoms with E-state index < -0.39 is 0 Å². The molecule has 3 heterocycles. The van der Waals surface area contributed by atoms with E-state index in [0.29, 0.717) is 24.2 Å². The molecule has 2 aromatic heterocycles. The molecule has 1 saturated heterocycles. The molecule has 0 saturated carbocycles. The van der Waals surface area contributed by atoms with Crippen molar-refractivity contribution >= 4 is 13.0 Å². The average molecular weight is 449 g/mol. The fourth-order valence-corrected chi connectivity index (χ4v) is 3.51. The van der Waals surface area contributed by atoms with Crippen LogP contribution in [0.3, 0.4) is 0 Å². The van der Waals surface area contributed by atoms with Crippen molar-refractivity contribution in [2.45, 2.75) is 44.6 Å². The molecule has 0 aliphatic carbocycles. The fourth-order valence-electron chi connectivity index (χ4n) is 3.51. The minimum atomic E-state index is -0.348. The van der Waals surface area contributed by atoms with Gasteiger partial charge in [0.2, 0.25) is 0 Å². The molecule has 0 aromatic carbocycles. The van der Waals surface area contributed by atoms with E-state index in [1.54, 1.807) is 30.6 Å². The molecule has 2 unspecified atom stereocenters. The summed E-state index contributed by atoms with van der Waals surface area (Å²) in [5.41, 5.74) is 1.76. The summed E-state index contributed by atoms with van der Waals surface area (Å²) in [6.07, 6.45) is 11.8. The normalized spacial score (nSPS) is 17.8. The summed E-state index contributed by atoms with van der Waals surface area (Å²) < 4.78 is 13.8. The summed E-state index contributed by atoms with van der Waals surface area (Å²) in [5, 5.41) is 3.55. The number of rotatable bonds is 10. The molecule has 2 aromatic rings. The molecular weight excluding hydrogens is 420 g/mol. The van der Waals surface area contributed by atoms with Gasteiger partial charge in [-0.15, -0.1) is 5.16 Å². The Morgan fingerprint density at radius 2 is 2.30 bits per heavy atom. The van der Waals surface area contributed by atoms with E-state index in [1.165, 1.54) is 0 Å². The van der Waals surface area contributed by atoms with Crippen LogP contribution < -0.4 is 0 Å². The van der Waals surface area contributed by atoms with Crippen molar-refractivity contribution in [3.63, 3.8) is 0 Å². The second kappa shape index (κ2) is 12.5. The van der Waals surface area contributed by atoms with Crippen molar-refractivity contribution in [2.75, 3.05) is 13.2 Å². The summed E-state index contributed by atoms with van der Waals surface area (Å²) in [6.45, 7) is 10.1. The molecule has 1 aliphatic heterocycles. The number of imidazole rings is 1. The lowest BCUT2D eigenvalue weighted by atomic mass is 10.1. The van der Waals surface area contributed by atoms with E-state index in [-0.39, 0.29) is 25.0 Å². The highest BCUT2D eigenvalue weighted by Gasteiger charge is 2.25. The van der Waals surface area contributed by atoms with Gasteiger partial charge in [-0.05, 0) is 44.4 Å². The molecule has 33 heavy (non-hydrogen) atoms. The second-order valence-corrected chi connectivity index (χ2v) is 7.41. The standard InChI is InChI=1S/C25H28N4O4/c1-4-7-21(11-9-20-10-12-22(17-30)28-16-20)23(18-32-26-3)29-14-13-27-25(29)19(2)33-24-8-5-6-15-31-24/h4,7,10,12-14,16-17,19,23-24H,1,3,5-6,8,15,18H2,2H3/b21-7-/t19-,23?,24?/m0/s1. The molecule has 1 fully saturated rings. The maximum atomic E-state index is 10.8. The fraction of sp³-hybridized carbons (Fsp3) is 0.360. The van der Waals surface area contributed by atoms with Crippen LogP contribution in [0.25, 0.3) is 0 Å². The zero-order valence-electron chi connectivity index (χ0n) is 18.7. The Morgan fingerprint density at radius 3 is 2.97 bits per heavy atom. The topological polar surface area (TPSA) is 87.8 Å². The van der Waals surface area contributed by atoms with E-state index in [2.05, 4.69) is 40.3 Å². The molecule has 1 aliphatic rings. The zero-order valence-corrected chi connectivity index (χ0v) is 18.7. The van der Waals surface area contributed by atoms with Crippen LogP contribution in [-0.2, 0) is 14.3 Å². The maximum absolute atomic E-state index is 10.8. The van der Waals surface area contributed by atoms with Crippen LogP contribution in [0.2, 0.25) is 0 Å². The molecule has 3 atom stereocenters. The van der Waals surface area contributed by atoms with Crippen LogP contribution in [0, 0.1) is 11.8 Å². The number of aromatic nitrogens is 3. The number of aldehydes is 1. The first kappa shape index (κ1) is 24.1. The van der Waals surface area contributed by atoms with E-state index >= 15 is 0 Å². The Hall–Kier alpha value is -3.54. The first-order chi connectivity index (χ1) is 16.2. The Labute approximate surface area is 194 Å². The highest BCUT2D eigenvalue weighted by molar-refractivity contribution is 5.71. The first-order valence-electron chi connectivity index (χ1n) is 10.8. The zero-order chi connectivity index (χ0) is 23.5. The number of ether oxygens (including phenoxy) is 2. The Kier molecular flexibility index (Phi) is 9.12. The van der Waals surface area contributed by atoms with Gasteiger partial charge >= 0.3 is 0 Å². The highest BCUT2D eigenvalue weighted by atomic mass is 16.7. The third kappa shape index (κ3) is 6.72. The third-order valence-corrected chi connectivity index (χ3v) is 5.13. The number of nitrogens with zero attached hydrogens (tertiary/aromatic N) is 4. The quantitative estimate of drug-likeness (QED) is 0.179. The van der Waals surface area contributed by atoms with Gasteiger partial charge < -0.3 is 18.9 Å². The number of allylic oxidation sites excluding steroid dienone is 2. The number of oxime groups is 1. The largest absolute Gasteiger partial charge is 0.394 e. The number of hydrogen-bond acceptors (Lipinski definition) is 7. The summed E-state index contributed by atoms with van der Waals surface area (Å²) in [6, 6.07) is 3.02. The van der Waals surface area contributed by atoms with Gasteiger partial charge in [0.1, 0.15) is 30.3 Å². The number of carbonyl (C=O) groups excluding carboxylic acids is 1. The SMILES string of the molecule is C=C/C=C(/C#Cc1ccc(C=O)nc1)C(CON=C)n1ccnc1[C@H](C)OC1CCCCO1. The highest BCUT2D eigenvalue weighted by Crippen LogP contribution is 2.27. The molecule has 3 rings (SSSR count). The van der Waals surface area contributed by atoms with Crippen molar-refractivity contribution < 1.29 is 19.1 Å². The van der Waals surface area contributed by atoms with E-state index in [0.717, 1.165) is 30.7 Å². The van der Waals surface area contributed by atoms with Gasteiger partial charge in [0.05, 0.1) is 0 Å². The Balaban J connectivity index is 1.88. The molecular formula is C25H28N4O4. The molecule has 0 spiro atoms. The Morgan fingerprint density at radius 1 is 1.42 bits per heavy atom. The molecule has 0 amide bonds. The van der Waals surface area contributed by atoms with Gasteiger partial charge in [0, 0.05) is 43.1 Å². The van der Waals surface area contributed by atoms with Crippen LogP contribution in [0.1, 0.15) is 60.2 Å². The Bertz CT molecular complexity index is 1030. The first-order valence-corrected chi connectivity index (χ1v) is 10.8. The van der Waals surface area contributed by atoms with Crippen LogP contribution in [-0.4, -0.2) is 47.0 Å². The minimum absolute atomic E-state index is 0.191. The second-order valence-electron chi connectivity index (χ2n) is 7.41. The lowest BCUT2D eigenvalue weighted by molar-refractivity contribution is -0.188. The van der Waals surface area contributed by atoms with Crippen molar-refractivity contribution in [3.05, 3.63) is 72.1 Å². The molecule has 8 heteroatoms. The predicted octanol–water partition coefficient (Wildman–Crippen LogP) is 4.03. The van der Waals surface area contributed by atoms with Crippen molar-refractivity contribution in [2.24, 2.45) is 5.16 Å². The number of pyridine rings is 1. The lowest BCUT2D eigenvalue weighted by Gasteiger charge is -2.27. The molecule has 0 bridgehead atoms. The van der Waals surface area contributed by atoms with Gasteiger partial charge in [-0.25, -0.2) is 4.98 Å². The van der Waals surface area contributed by atoms with Crippen LogP contribution in [0.5, 0.6) is 0 Å². The van der Waals surface area contributed by atoms with Crippen LogP contribution in [0.15, 0.2) is 60.2 Å². The predicted molar refractivity (Wildman–Crippen MR) is 125 cm³/mol. The smallest absolute Gasteiger partial charge is 0.168 e. The maximum Gasteiger partial charge on any atom is 0.168 e. The van der Waals surface area contributed by atoms with Gasteiger partial charge in [-0.2, -0.15) is 0 Å². The van der Waals surface area contributed by atoms with Crippen LogP contribution >= 0.6 is 0 Å². The lowest BCUT2D eigenvalue weighted by Crippen LogP contribution is -2.26. The monoisotopic (exact) mass is 448 g/mol. The van der Waals surface area contributed by atoms with E-state index in [9.17, 15) is 4.79 Å². The summed E-state index contributed by atoms with van der Waals surface area (Å²) in [7, 11) is 0. The summed E-state index contributed by atoms with van der Waals surface area (Å²) >= 11 is 0. The molecule has 0 N–H and O–H groups in total. The van der Waals surface area contributed by atoms with Gasteiger partial charge in [0.15, 0.2) is 12.6 Å². The third-order valence-electron chi connectivity index (χ3n) is 5.13. The van der Waals surface area contributed by atoms with Crippen LogP contribution in [0.4, 0.5) is 0 Å². The number of hydrogen-bond donors (Lipinski definition) is 0. The summed E-state index contributed by atoms with van der Waals surface area (Å²) in [5.74, 6) is 6.98. The molecule has 172 valence electrons. The van der Waals surface area contributed by atoms with E-state index in [1.807, 2.05) is 23.8 Å². The summed E-state index contributed by atoms with van der Waals surface area (Å²) in [4.78, 5) is 24.7. The van der Waals surface area contributed by atoms with Gasteiger partial charge in [-0.3, -0.25) is 9.78 Å². The van der Waals surface area contributed by atoms with Gasteiger partial charge in [0.25, 0.3) is 0 Å². The minimum Gasteiger partial charge on any atom is -0.394 e. The molecule has 0 radical (unpaired) electrons. The molecule has 8 nitrogen and oxygen atoms in total. The van der Waals surface area contributed by atoms with Gasteiger partial charge in [-0.1, -0.05) is 24.5 Å².